The summed E-state index contributed by atoms with van der Waals surface area (Å²) in [4.78, 5) is 0. The van der Waals surface area contributed by atoms with Gasteiger partial charge >= 0.3 is 59.1 Å². The van der Waals surface area contributed by atoms with Crippen molar-refractivity contribution in [1.82, 2.24) is 0 Å². The first-order valence-electron chi connectivity index (χ1n) is 0. The molecule has 0 aliphatic heterocycles. The molecule has 0 heterocycles. The third-order valence-electron chi connectivity index (χ3n) is 0. The third-order valence-corrected chi connectivity index (χ3v) is 0. The molecule has 0 rings (SSSR count). The first-order chi connectivity index (χ1) is 0. The van der Waals surface area contributed by atoms with E-state index in [1.165, 1.54) is 0 Å². The van der Waals surface area contributed by atoms with Crippen molar-refractivity contribution in [2.24, 2.45) is 0 Å². The van der Waals surface area contributed by atoms with E-state index >= 15 is 0 Å². The molecule has 0 amide bonds. The zero-order valence-electron chi connectivity index (χ0n) is 8.28. The van der Waals surface area contributed by atoms with Gasteiger partial charge in [0.1, 0.15) is 0 Å². The van der Waals surface area contributed by atoms with Crippen molar-refractivity contribution in [1.29, 1.82) is 0 Å². The van der Waals surface area contributed by atoms with Crippen LogP contribution in [0.25, 0.3) is 0 Å². The maximum absolute atomic E-state index is 0. The molecule has 0 aromatic rings. The van der Waals surface area contributed by atoms with E-state index < -0.39 is 0 Å². The van der Waals surface area contributed by atoms with Crippen molar-refractivity contribution in [3.05, 3.63) is 0 Å². The molecule has 0 N–H and O–H groups in total. The summed E-state index contributed by atoms with van der Waals surface area (Å²) in [7, 11) is 0. The Bertz CT molecular complexity index is 21.4. The van der Waals surface area contributed by atoms with Crippen LogP contribution in [-0.2, 0) is 134 Å². The largest absolute Gasteiger partial charge is 2.00 e. The Morgan fingerprint density at radius 2 is 0.176 bits per heavy atom. The monoisotopic (exact) mass is 426 g/mol. The molecule has 0 saturated heterocycles. The van der Waals surface area contributed by atoms with Crippen LogP contribution in [0.3, 0.4) is 0 Å². The quantitative estimate of drug-likeness (QED) is 0.326. The molecule has 0 bridgehead atoms. The number of hydrogen-bond donors (Lipinski definition) is 0. The summed E-state index contributed by atoms with van der Waals surface area (Å²) < 4.78 is 0. The third kappa shape index (κ3) is 420. The predicted octanol–water partition coefficient (Wildman–Crippen LogP) is -7.31. The Kier molecular flexibility index (Phi) is 15000. The van der Waals surface area contributed by atoms with Crippen LogP contribution in [0.5, 0.6) is 0 Å². The number of rotatable bonds is 0. The fourth-order valence-corrected chi connectivity index (χ4v) is 0. The molecule has 11 nitrogen and oxygen atoms in total. The van der Waals surface area contributed by atoms with E-state index in [1.54, 1.807) is 0 Å². The molecule has 0 aliphatic rings. The van der Waals surface area contributed by atoms with Crippen LogP contribution in [-0.4, -0.2) is 0 Å². The average molecular weight is 426 g/mol. The molecule has 0 fully saturated rings. The van der Waals surface area contributed by atoms with Gasteiger partial charge in [-0.25, -0.2) is 0 Å². The van der Waals surface area contributed by atoms with Crippen LogP contribution in [0, 0.1) is 0 Å². The minimum absolute atomic E-state index is 0. The Balaban J connectivity index is 0. The summed E-state index contributed by atoms with van der Waals surface area (Å²) in [6.45, 7) is 0. The first kappa shape index (κ1) is 545. The molecule has 0 spiro atoms. The van der Waals surface area contributed by atoms with Gasteiger partial charge in [-0.3, -0.25) is 0 Å². The van der Waals surface area contributed by atoms with Gasteiger partial charge < -0.3 is 60.2 Å². The van der Waals surface area contributed by atoms with Crippen molar-refractivity contribution >= 4 is 0 Å². The summed E-state index contributed by atoms with van der Waals surface area (Å²) in [5.41, 5.74) is 0. The second-order valence-corrected chi connectivity index (χ2v) is 0. The van der Waals surface area contributed by atoms with Gasteiger partial charge in [0.2, 0.25) is 0 Å². The Morgan fingerprint density at radius 1 is 0.176 bits per heavy atom. The van der Waals surface area contributed by atoms with Gasteiger partial charge in [-0.05, 0) is 0 Å². The molecule has 108 valence electrons. The summed E-state index contributed by atoms with van der Waals surface area (Å²) in [5, 5.41) is 0. The van der Waals surface area contributed by atoms with E-state index in [1.807, 2.05) is 0 Å². The summed E-state index contributed by atoms with van der Waals surface area (Å²) in [6.07, 6.45) is 0. The van der Waals surface area contributed by atoms with Crippen LogP contribution in [0.4, 0.5) is 0 Å². The van der Waals surface area contributed by atoms with Crippen LogP contribution in [0.1, 0.15) is 0 Å². The molecule has 17 heteroatoms. The van der Waals surface area contributed by atoms with Crippen molar-refractivity contribution in [3.63, 3.8) is 0 Å². The molecule has 0 aliphatic carbocycles. The van der Waals surface area contributed by atoms with E-state index in [2.05, 4.69) is 0 Å². The fraction of sp³-hybridized carbons (Fsp3) is 0. The summed E-state index contributed by atoms with van der Waals surface area (Å²) in [6, 6.07) is 0. The van der Waals surface area contributed by atoms with Crippen molar-refractivity contribution in [3.8, 4) is 0 Å². The second-order valence-electron chi connectivity index (χ2n) is 0. The summed E-state index contributed by atoms with van der Waals surface area (Å²) in [5.74, 6) is 0. The summed E-state index contributed by atoms with van der Waals surface area (Å²) >= 11 is 0. The fourth-order valence-electron chi connectivity index (χ4n) is 0. The van der Waals surface area contributed by atoms with Crippen LogP contribution >= 0.6 is 0 Å². The second kappa shape index (κ2) is 468. The Hall–Kier alpha value is 3.90. The first-order valence-corrected chi connectivity index (χ1v) is 0. The zero-order valence-corrected chi connectivity index (χ0v) is 17.9. The van der Waals surface area contributed by atoms with Gasteiger partial charge in [-0.1, -0.05) is 0 Å². The molecule has 0 unspecified atom stereocenters. The minimum Gasteiger partial charge on any atom is -2.00 e. The molecular formula is Na2O11V4-20. The Morgan fingerprint density at radius 3 is 0.176 bits per heavy atom. The maximum atomic E-state index is 0. The zero-order chi connectivity index (χ0) is 0. The molecule has 0 saturated carbocycles. The van der Waals surface area contributed by atoms with E-state index in [4.69, 9.17) is 0 Å². The molecule has 17 heavy (non-hydrogen) atoms. The van der Waals surface area contributed by atoms with Crippen LogP contribution in [0.2, 0.25) is 0 Å². The Labute approximate surface area is 191 Å². The van der Waals surface area contributed by atoms with Crippen LogP contribution < -0.4 is 59.1 Å². The smallest absolute Gasteiger partial charge is 1.00 e. The average Bonchev–Trinajstić information content (AvgIpc) is 0. The van der Waals surface area contributed by atoms with Crippen molar-refractivity contribution in [2.45, 2.75) is 0 Å². The van der Waals surface area contributed by atoms with E-state index in [0.717, 1.165) is 0 Å². The maximum Gasteiger partial charge on any atom is 1.00 e. The topological polar surface area (TPSA) is 314 Å². The molecule has 4 radical (unpaired) electrons. The van der Waals surface area contributed by atoms with Gasteiger partial charge in [0.25, 0.3) is 0 Å². The minimum atomic E-state index is 0. The van der Waals surface area contributed by atoms with Crippen molar-refractivity contribution in [2.75, 3.05) is 0 Å². The van der Waals surface area contributed by atoms with E-state index in [9.17, 15) is 0 Å². The molecule has 0 atom stereocenters. The van der Waals surface area contributed by atoms with Gasteiger partial charge in [0.15, 0.2) is 0 Å². The SMILES string of the molecule is [Na+].[Na+].[O-2].[O-2].[O-2].[O-2].[O-2].[O-2].[O-2].[O-2].[O-2].[O-2].[O-2].[V].[V].[V].[V]. The van der Waals surface area contributed by atoms with E-state index in [-0.39, 0.29) is 194 Å². The van der Waals surface area contributed by atoms with Gasteiger partial charge in [0, 0.05) is 74.2 Å². The molecule has 0 aromatic heterocycles. The van der Waals surface area contributed by atoms with Gasteiger partial charge in [0.05, 0.1) is 0 Å². The number of hydrogen-bond acceptors (Lipinski definition) is 0. The van der Waals surface area contributed by atoms with Gasteiger partial charge in [-0.15, -0.1) is 0 Å². The van der Waals surface area contributed by atoms with Gasteiger partial charge in [-0.2, -0.15) is 0 Å². The van der Waals surface area contributed by atoms with Crippen molar-refractivity contribution < 1.29 is 194 Å². The van der Waals surface area contributed by atoms with Crippen LogP contribution in [0.15, 0.2) is 0 Å². The van der Waals surface area contributed by atoms with E-state index in [0.29, 0.717) is 0 Å². The normalized spacial score (nSPS) is 0. The molecule has 0 aromatic carbocycles. The molecular weight excluding hydrogens is 426 g/mol. The predicted molar refractivity (Wildman–Crippen MR) is 7.55 cm³/mol. The standard InChI is InChI=1S/2Na.11O.4V/q2*+1;11*-2;;;;.